The Labute approximate surface area is 217 Å². The molecule has 2 saturated heterocycles. The molecule has 0 spiro atoms. The Bertz CT molecular complexity index is 1200. The van der Waals surface area contributed by atoms with Crippen LogP contribution in [-0.2, 0) is 0 Å². The number of benzene rings is 1. The average molecular weight is 536 g/mol. The summed E-state index contributed by atoms with van der Waals surface area (Å²) < 4.78 is 58.5. The van der Waals surface area contributed by atoms with Gasteiger partial charge in [0.1, 0.15) is 11.5 Å². The first-order valence-electron chi connectivity index (χ1n) is 12.3. The van der Waals surface area contributed by atoms with E-state index in [0.29, 0.717) is 43.1 Å². The predicted molar refractivity (Wildman–Crippen MR) is 139 cm³/mol. The molecule has 198 valence electrons. The molecule has 1 N–H and O–H groups in total. The Morgan fingerprint density at radius 2 is 1.73 bits per heavy atom. The standard InChI is InChI=1S/C25H29F4N7S/c1-37-32-18-5-6-21(22(15-18)34-11-7-17(8-12-34)24(26)27)36-16-20(31-33-36)19-3-2-4-23(30-19)35-13-9-25(28,29)10-14-35/h2-6,15-17,24,32H,7-14H2,1H3. The molecule has 2 aromatic heterocycles. The highest BCUT2D eigenvalue weighted by molar-refractivity contribution is 7.99. The highest BCUT2D eigenvalue weighted by atomic mass is 32.2. The van der Waals surface area contributed by atoms with E-state index >= 15 is 0 Å². The Balaban J connectivity index is 1.40. The number of piperidine rings is 2. The Kier molecular flexibility index (Phi) is 7.45. The molecule has 2 aliphatic rings. The van der Waals surface area contributed by atoms with Gasteiger partial charge in [-0.1, -0.05) is 23.2 Å². The SMILES string of the molecule is CSNc1ccc(-n2cc(-c3cccc(N4CCC(F)(F)CC4)n3)nn2)c(N2CCC(C(F)F)CC2)c1. The molecule has 7 nitrogen and oxygen atoms in total. The summed E-state index contributed by atoms with van der Waals surface area (Å²) >= 11 is 1.47. The van der Waals surface area contributed by atoms with Crippen molar-refractivity contribution in [3.8, 4) is 17.1 Å². The molecule has 1 aromatic carbocycles. The van der Waals surface area contributed by atoms with Gasteiger partial charge in [0.05, 0.1) is 23.3 Å². The van der Waals surface area contributed by atoms with Crippen molar-refractivity contribution in [3.05, 3.63) is 42.6 Å². The first kappa shape index (κ1) is 25.6. The van der Waals surface area contributed by atoms with E-state index in [1.54, 1.807) is 10.9 Å². The maximum absolute atomic E-state index is 13.6. The van der Waals surface area contributed by atoms with Gasteiger partial charge >= 0.3 is 0 Å². The molecular weight excluding hydrogens is 506 g/mol. The minimum atomic E-state index is -2.62. The number of aromatic nitrogens is 4. The largest absolute Gasteiger partial charge is 0.370 e. The van der Waals surface area contributed by atoms with E-state index in [9.17, 15) is 17.6 Å². The molecular formula is C25H29F4N7S. The van der Waals surface area contributed by atoms with Crippen LogP contribution in [0.2, 0.25) is 0 Å². The second-order valence-electron chi connectivity index (χ2n) is 9.44. The summed E-state index contributed by atoms with van der Waals surface area (Å²) in [7, 11) is 0. The zero-order valence-electron chi connectivity index (χ0n) is 20.5. The average Bonchev–Trinajstić information content (AvgIpc) is 3.39. The van der Waals surface area contributed by atoms with Crippen LogP contribution in [0.25, 0.3) is 17.1 Å². The molecule has 0 amide bonds. The summed E-state index contributed by atoms with van der Waals surface area (Å²) in [6, 6.07) is 11.3. The first-order chi connectivity index (χ1) is 17.8. The molecule has 0 bridgehead atoms. The fourth-order valence-electron chi connectivity index (χ4n) is 4.85. The van der Waals surface area contributed by atoms with Crippen molar-refractivity contribution in [3.63, 3.8) is 0 Å². The van der Waals surface area contributed by atoms with E-state index in [4.69, 9.17) is 0 Å². The molecule has 0 aliphatic carbocycles. The van der Waals surface area contributed by atoms with Crippen molar-refractivity contribution in [2.45, 2.75) is 38.0 Å². The molecule has 0 unspecified atom stereocenters. The zero-order valence-corrected chi connectivity index (χ0v) is 21.3. The highest BCUT2D eigenvalue weighted by Gasteiger charge is 2.34. The van der Waals surface area contributed by atoms with Gasteiger partial charge < -0.3 is 14.5 Å². The lowest BCUT2D eigenvalue weighted by molar-refractivity contribution is -0.0221. The Morgan fingerprint density at radius 3 is 2.43 bits per heavy atom. The summed E-state index contributed by atoms with van der Waals surface area (Å²) in [6.45, 7) is 1.56. The number of nitrogens with zero attached hydrogens (tertiary/aromatic N) is 6. The lowest BCUT2D eigenvalue weighted by Crippen LogP contribution is -2.39. The molecule has 2 fully saturated rings. The first-order valence-corrected chi connectivity index (χ1v) is 13.5. The minimum absolute atomic E-state index is 0.187. The van der Waals surface area contributed by atoms with E-state index in [-0.39, 0.29) is 25.9 Å². The fourth-order valence-corrected chi connectivity index (χ4v) is 5.21. The maximum atomic E-state index is 13.6. The van der Waals surface area contributed by atoms with Crippen LogP contribution in [0.4, 0.5) is 34.8 Å². The van der Waals surface area contributed by atoms with Crippen LogP contribution in [0.5, 0.6) is 0 Å². The number of hydrogen-bond acceptors (Lipinski definition) is 7. The van der Waals surface area contributed by atoms with Gasteiger partial charge in [0.15, 0.2) is 0 Å². The van der Waals surface area contributed by atoms with Gasteiger partial charge in [-0.3, -0.25) is 0 Å². The molecule has 5 rings (SSSR count). The van der Waals surface area contributed by atoms with Crippen molar-refractivity contribution < 1.29 is 17.6 Å². The fraction of sp³-hybridized carbons (Fsp3) is 0.480. The van der Waals surface area contributed by atoms with Gasteiger partial charge in [-0.05, 0) is 43.2 Å². The zero-order chi connectivity index (χ0) is 26.0. The van der Waals surface area contributed by atoms with Crippen LogP contribution in [0.1, 0.15) is 25.7 Å². The molecule has 0 atom stereocenters. The molecule has 3 aromatic rings. The molecule has 12 heteroatoms. The third kappa shape index (κ3) is 5.78. The van der Waals surface area contributed by atoms with Crippen molar-refractivity contribution in [1.82, 2.24) is 20.0 Å². The topological polar surface area (TPSA) is 62.1 Å². The number of halogens is 4. The molecule has 2 aliphatic heterocycles. The van der Waals surface area contributed by atoms with Crippen LogP contribution < -0.4 is 14.5 Å². The normalized spacial score (nSPS) is 18.4. The van der Waals surface area contributed by atoms with Gasteiger partial charge in [-0.2, -0.15) is 0 Å². The second-order valence-corrected chi connectivity index (χ2v) is 10.1. The van der Waals surface area contributed by atoms with Gasteiger partial charge in [-0.25, -0.2) is 27.2 Å². The molecule has 37 heavy (non-hydrogen) atoms. The van der Waals surface area contributed by atoms with Crippen LogP contribution in [-0.4, -0.2) is 64.8 Å². The summed E-state index contributed by atoms with van der Waals surface area (Å²) in [4.78, 5) is 8.65. The summed E-state index contributed by atoms with van der Waals surface area (Å²) in [5.41, 5.74) is 3.73. The third-order valence-corrected chi connectivity index (χ3v) is 7.43. The number of alkyl halides is 4. The minimum Gasteiger partial charge on any atom is -0.370 e. The van der Waals surface area contributed by atoms with E-state index in [1.807, 2.05) is 47.6 Å². The van der Waals surface area contributed by atoms with Crippen LogP contribution in [0.15, 0.2) is 42.6 Å². The van der Waals surface area contributed by atoms with E-state index in [2.05, 4.69) is 24.9 Å². The lowest BCUT2D eigenvalue weighted by atomic mass is 9.97. The van der Waals surface area contributed by atoms with Gasteiger partial charge in [0.25, 0.3) is 5.92 Å². The number of anilines is 3. The van der Waals surface area contributed by atoms with E-state index in [0.717, 1.165) is 17.1 Å². The van der Waals surface area contributed by atoms with E-state index in [1.165, 1.54) is 11.9 Å². The summed E-state index contributed by atoms with van der Waals surface area (Å²) in [5.74, 6) is -2.56. The number of hydrogen-bond donors (Lipinski definition) is 1. The Morgan fingerprint density at radius 1 is 0.973 bits per heavy atom. The van der Waals surface area contributed by atoms with Crippen LogP contribution in [0, 0.1) is 5.92 Å². The monoisotopic (exact) mass is 535 g/mol. The Hall–Kier alpha value is -3.02. The molecule has 0 radical (unpaired) electrons. The third-order valence-electron chi connectivity index (χ3n) is 6.99. The predicted octanol–water partition coefficient (Wildman–Crippen LogP) is 5.74. The summed E-state index contributed by atoms with van der Waals surface area (Å²) in [5, 5.41) is 8.67. The molecule has 4 heterocycles. The van der Waals surface area contributed by atoms with Crippen molar-refractivity contribution in [1.29, 1.82) is 0 Å². The number of rotatable bonds is 7. The quantitative estimate of drug-likeness (QED) is 0.306. The van der Waals surface area contributed by atoms with Gasteiger partial charge in [0.2, 0.25) is 6.43 Å². The number of nitrogens with one attached hydrogen (secondary N) is 1. The van der Waals surface area contributed by atoms with Crippen molar-refractivity contribution in [2.75, 3.05) is 47.0 Å². The van der Waals surface area contributed by atoms with Crippen LogP contribution >= 0.6 is 11.9 Å². The van der Waals surface area contributed by atoms with Crippen molar-refractivity contribution in [2.24, 2.45) is 5.92 Å². The second kappa shape index (κ2) is 10.8. The van der Waals surface area contributed by atoms with Crippen LogP contribution in [0.3, 0.4) is 0 Å². The maximum Gasteiger partial charge on any atom is 0.251 e. The van der Waals surface area contributed by atoms with Crippen molar-refractivity contribution >= 4 is 29.1 Å². The van der Waals surface area contributed by atoms with Gasteiger partial charge in [0, 0.05) is 56.9 Å². The smallest absolute Gasteiger partial charge is 0.251 e. The summed E-state index contributed by atoms with van der Waals surface area (Å²) in [6.07, 6.45) is 1.90. The van der Waals surface area contributed by atoms with E-state index < -0.39 is 18.3 Å². The van der Waals surface area contributed by atoms with Gasteiger partial charge in [-0.15, -0.1) is 5.10 Å². The highest BCUT2D eigenvalue weighted by Crippen LogP contribution is 2.34. The number of pyridine rings is 1. The lowest BCUT2D eigenvalue weighted by Gasteiger charge is -2.34. The molecule has 0 saturated carbocycles.